The van der Waals surface area contributed by atoms with Crippen LogP contribution in [0, 0.1) is 5.92 Å². The summed E-state index contributed by atoms with van der Waals surface area (Å²) in [6, 6.07) is 11.9. The zero-order chi connectivity index (χ0) is 22.6. The number of hydrogen-bond donors (Lipinski definition) is 1. The monoisotopic (exact) mass is 484 g/mol. The van der Waals surface area contributed by atoms with Gasteiger partial charge in [-0.1, -0.05) is 29.3 Å². The van der Waals surface area contributed by atoms with Crippen LogP contribution in [0.4, 0.5) is 5.69 Å². The first-order chi connectivity index (χ1) is 14.6. The average Bonchev–Trinajstić information content (AvgIpc) is 2.71. The fourth-order valence-electron chi connectivity index (χ4n) is 3.47. The molecule has 2 aromatic carbocycles. The molecule has 1 aliphatic heterocycles. The van der Waals surface area contributed by atoms with Crippen LogP contribution in [0.5, 0.6) is 5.75 Å². The zero-order valence-corrected chi connectivity index (χ0v) is 19.8. The molecule has 1 heterocycles. The summed E-state index contributed by atoms with van der Waals surface area (Å²) in [6.07, 6.45) is 1.32. The van der Waals surface area contributed by atoms with Crippen molar-refractivity contribution in [2.45, 2.75) is 38.5 Å². The molecule has 2 aromatic rings. The summed E-state index contributed by atoms with van der Waals surface area (Å²) < 4.78 is 32.8. The summed E-state index contributed by atoms with van der Waals surface area (Å²) in [5, 5.41) is 3.64. The molecule has 1 saturated heterocycles. The third kappa shape index (κ3) is 6.59. The van der Waals surface area contributed by atoms with Crippen molar-refractivity contribution in [3.8, 4) is 5.75 Å². The number of carbonyl (C=O) groups is 1. The molecular weight excluding hydrogens is 459 g/mol. The van der Waals surface area contributed by atoms with Crippen molar-refractivity contribution < 1.29 is 17.9 Å². The van der Waals surface area contributed by atoms with Crippen LogP contribution in [0.1, 0.15) is 32.3 Å². The summed E-state index contributed by atoms with van der Waals surface area (Å²) >= 11 is 12.0. The molecule has 0 aliphatic carbocycles. The van der Waals surface area contributed by atoms with Crippen molar-refractivity contribution in [1.82, 2.24) is 4.31 Å². The number of rotatable bonds is 7. The van der Waals surface area contributed by atoms with E-state index in [1.54, 1.807) is 36.4 Å². The van der Waals surface area contributed by atoms with Gasteiger partial charge >= 0.3 is 0 Å². The molecule has 1 aliphatic rings. The van der Waals surface area contributed by atoms with Crippen LogP contribution in [0.2, 0.25) is 10.0 Å². The zero-order valence-electron chi connectivity index (χ0n) is 17.5. The van der Waals surface area contributed by atoms with E-state index in [-0.39, 0.29) is 24.3 Å². The van der Waals surface area contributed by atoms with Gasteiger partial charge in [-0.05, 0) is 68.7 Å². The Bertz CT molecular complexity index is 1030. The van der Waals surface area contributed by atoms with E-state index < -0.39 is 15.9 Å². The summed E-state index contributed by atoms with van der Waals surface area (Å²) in [5.41, 5.74) is 1.13. The molecule has 31 heavy (non-hydrogen) atoms. The molecular formula is C22H26Cl2N2O4S. The lowest BCUT2D eigenvalue weighted by Gasteiger charge is -2.31. The predicted molar refractivity (Wildman–Crippen MR) is 124 cm³/mol. The van der Waals surface area contributed by atoms with E-state index in [4.69, 9.17) is 27.9 Å². The Morgan fingerprint density at radius 2 is 1.90 bits per heavy atom. The standard InChI is InChI=1S/C22H26Cl2N2O4S/c1-15(2)30-20-9-7-19(8-10-20)25-22(27)16-4-3-11-26(13-16)31(28,29)14-17-5-6-18(23)12-21(17)24/h5-10,12,15-16H,3-4,11,13-14H2,1-2H3,(H,25,27). The fraction of sp³-hybridized carbons (Fsp3) is 0.409. The number of anilines is 1. The number of carbonyl (C=O) groups excluding carboxylic acids is 1. The molecule has 9 heteroatoms. The minimum absolute atomic E-state index is 0.0679. The Hall–Kier alpha value is -1.80. The first-order valence-electron chi connectivity index (χ1n) is 10.1. The molecule has 0 aromatic heterocycles. The van der Waals surface area contributed by atoms with Gasteiger partial charge in [0.1, 0.15) is 5.75 Å². The third-order valence-electron chi connectivity index (χ3n) is 4.99. The minimum atomic E-state index is -3.62. The normalized spacial score (nSPS) is 17.5. The lowest BCUT2D eigenvalue weighted by Crippen LogP contribution is -2.44. The fourth-order valence-corrected chi connectivity index (χ4v) is 5.67. The van der Waals surface area contributed by atoms with Crippen molar-refractivity contribution >= 4 is 44.8 Å². The van der Waals surface area contributed by atoms with Gasteiger partial charge in [-0.25, -0.2) is 12.7 Å². The van der Waals surface area contributed by atoms with E-state index in [9.17, 15) is 13.2 Å². The van der Waals surface area contributed by atoms with E-state index in [1.165, 1.54) is 10.4 Å². The highest BCUT2D eigenvalue weighted by atomic mass is 35.5. The lowest BCUT2D eigenvalue weighted by molar-refractivity contribution is -0.120. The van der Waals surface area contributed by atoms with Crippen LogP contribution in [-0.2, 0) is 20.6 Å². The topological polar surface area (TPSA) is 75.7 Å². The maximum Gasteiger partial charge on any atom is 0.228 e. The summed E-state index contributed by atoms with van der Waals surface area (Å²) in [7, 11) is -3.62. The maximum atomic E-state index is 12.9. The largest absolute Gasteiger partial charge is 0.491 e. The van der Waals surface area contributed by atoms with Gasteiger partial charge in [-0.3, -0.25) is 4.79 Å². The molecule has 6 nitrogen and oxygen atoms in total. The molecule has 3 rings (SSSR count). The number of nitrogens with zero attached hydrogens (tertiary/aromatic N) is 1. The molecule has 1 amide bonds. The van der Waals surface area contributed by atoms with Gasteiger partial charge in [-0.15, -0.1) is 0 Å². The molecule has 168 valence electrons. The highest BCUT2D eigenvalue weighted by Crippen LogP contribution is 2.27. The number of halogens is 2. The van der Waals surface area contributed by atoms with Crippen molar-refractivity contribution in [3.05, 3.63) is 58.1 Å². The Balaban J connectivity index is 1.63. The molecule has 0 saturated carbocycles. The Labute approximate surface area is 193 Å². The second kappa shape index (κ2) is 10.2. The van der Waals surface area contributed by atoms with E-state index in [1.807, 2.05) is 13.8 Å². The number of amides is 1. The van der Waals surface area contributed by atoms with Crippen LogP contribution in [0.15, 0.2) is 42.5 Å². The van der Waals surface area contributed by atoms with E-state index in [0.29, 0.717) is 40.7 Å². The van der Waals surface area contributed by atoms with E-state index in [2.05, 4.69) is 5.32 Å². The minimum Gasteiger partial charge on any atom is -0.491 e. The number of sulfonamides is 1. The van der Waals surface area contributed by atoms with Gasteiger partial charge in [0, 0.05) is 28.8 Å². The molecule has 0 spiro atoms. The Morgan fingerprint density at radius 3 is 2.55 bits per heavy atom. The second-order valence-corrected chi connectivity index (χ2v) is 10.7. The van der Waals surface area contributed by atoms with E-state index in [0.717, 1.165) is 5.75 Å². The highest BCUT2D eigenvalue weighted by molar-refractivity contribution is 7.88. The van der Waals surface area contributed by atoms with Crippen molar-refractivity contribution in [1.29, 1.82) is 0 Å². The Kier molecular flexibility index (Phi) is 7.86. The Morgan fingerprint density at radius 1 is 1.19 bits per heavy atom. The van der Waals surface area contributed by atoms with Gasteiger partial charge < -0.3 is 10.1 Å². The smallest absolute Gasteiger partial charge is 0.228 e. The molecule has 0 radical (unpaired) electrons. The van der Waals surface area contributed by atoms with Crippen LogP contribution >= 0.6 is 23.2 Å². The maximum absolute atomic E-state index is 12.9. The summed E-state index contributed by atoms with van der Waals surface area (Å²) in [5.74, 6) is -0.115. The van der Waals surface area contributed by atoms with Crippen LogP contribution in [-0.4, -0.2) is 37.8 Å². The van der Waals surface area contributed by atoms with Crippen molar-refractivity contribution in [2.75, 3.05) is 18.4 Å². The summed E-state index contributed by atoms with van der Waals surface area (Å²) in [6.45, 7) is 4.42. The molecule has 1 fully saturated rings. The quantitative estimate of drug-likeness (QED) is 0.602. The number of nitrogens with one attached hydrogen (secondary N) is 1. The number of ether oxygens (including phenoxy) is 1. The van der Waals surface area contributed by atoms with Gasteiger partial charge in [0.15, 0.2) is 0 Å². The third-order valence-corrected chi connectivity index (χ3v) is 7.38. The van der Waals surface area contributed by atoms with Crippen LogP contribution < -0.4 is 10.1 Å². The van der Waals surface area contributed by atoms with Crippen molar-refractivity contribution in [3.63, 3.8) is 0 Å². The lowest BCUT2D eigenvalue weighted by atomic mass is 9.99. The first-order valence-corrected chi connectivity index (χ1v) is 12.5. The van der Waals surface area contributed by atoms with Crippen LogP contribution in [0.25, 0.3) is 0 Å². The number of benzene rings is 2. The average molecular weight is 485 g/mol. The second-order valence-electron chi connectivity index (χ2n) is 7.87. The predicted octanol–water partition coefficient (Wildman–Crippen LogP) is 4.96. The molecule has 1 atom stereocenters. The van der Waals surface area contributed by atoms with Crippen molar-refractivity contribution in [2.24, 2.45) is 5.92 Å². The van der Waals surface area contributed by atoms with Gasteiger partial charge in [0.05, 0.1) is 17.8 Å². The molecule has 1 N–H and O–H groups in total. The molecule has 1 unspecified atom stereocenters. The highest BCUT2D eigenvalue weighted by Gasteiger charge is 2.32. The summed E-state index contributed by atoms with van der Waals surface area (Å²) in [4.78, 5) is 12.8. The van der Waals surface area contributed by atoms with Gasteiger partial charge in [0.25, 0.3) is 0 Å². The number of hydrogen-bond acceptors (Lipinski definition) is 4. The SMILES string of the molecule is CC(C)Oc1ccc(NC(=O)C2CCCN(S(=O)(=O)Cc3ccc(Cl)cc3Cl)C2)cc1. The van der Waals surface area contributed by atoms with Crippen LogP contribution in [0.3, 0.4) is 0 Å². The van der Waals surface area contributed by atoms with E-state index >= 15 is 0 Å². The van der Waals surface area contributed by atoms with Gasteiger partial charge in [-0.2, -0.15) is 0 Å². The van der Waals surface area contributed by atoms with Gasteiger partial charge in [0.2, 0.25) is 15.9 Å². The molecule has 0 bridgehead atoms. The first kappa shape index (κ1) is 23.9. The number of piperidine rings is 1.